The molecule has 0 radical (unpaired) electrons. The maximum Gasteiger partial charge on any atom is 0.346 e. The first-order chi connectivity index (χ1) is 13.1. The Morgan fingerprint density at radius 3 is 2.30 bits per heavy atom. The van der Waals surface area contributed by atoms with Crippen molar-refractivity contribution < 1.29 is 13.9 Å². The van der Waals surface area contributed by atoms with E-state index in [1.54, 1.807) is 60.7 Å². The Morgan fingerprint density at radius 1 is 1.00 bits per heavy atom. The molecular formula is C22H13ClFNO2. The number of nitriles is 1. The minimum atomic E-state index is -0.768. The van der Waals surface area contributed by atoms with Crippen LogP contribution in [-0.2, 0) is 0 Å². The molecule has 0 unspecified atom stereocenters. The smallest absolute Gasteiger partial charge is 0.346 e. The predicted octanol–water partition coefficient (Wildman–Crippen LogP) is 5.76. The van der Waals surface area contributed by atoms with Gasteiger partial charge in [-0.2, -0.15) is 5.26 Å². The van der Waals surface area contributed by atoms with Crippen molar-refractivity contribution in [2.45, 2.75) is 0 Å². The quantitative estimate of drug-likeness (QED) is 0.251. The summed E-state index contributed by atoms with van der Waals surface area (Å²) < 4.78 is 18.8. The average Bonchev–Trinajstić information content (AvgIpc) is 2.68. The number of esters is 1. The second kappa shape index (κ2) is 8.31. The standard InChI is InChI=1S/C22H13ClFNO2/c23-18-9-7-16(8-10-18)17(14-25)13-15-5-11-19(12-6-15)27-22(26)20-3-1-2-4-21(20)24/h1-13H/b17-13-. The molecule has 0 spiro atoms. The molecule has 0 heterocycles. The molecule has 0 amide bonds. The number of nitrogens with zero attached hydrogens (tertiary/aromatic N) is 1. The molecule has 132 valence electrons. The van der Waals surface area contributed by atoms with Crippen molar-refractivity contribution in [2.75, 3.05) is 0 Å². The summed E-state index contributed by atoms with van der Waals surface area (Å²) in [6.45, 7) is 0. The van der Waals surface area contributed by atoms with Gasteiger partial charge in [0.25, 0.3) is 0 Å². The molecule has 0 saturated carbocycles. The highest BCUT2D eigenvalue weighted by atomic mass is 35.5. The Hall–Kier alpha value is -3.42. The van der Waals surface area contributed by atoms with Gasteiger partial charge in [-0.3, -0.25) is 0 Å². The van der Waals surface area contributed by atoms with Gasteiger partial charge >= 0.3 is 5.97 Å². The molecule has 3 aromatic carbocycles. The Labute approximate surface area is 160 Å². The molecule has 0 aliphatic rings. The number of carbonyl (C=O) groups excluding carboxylic acids is 1. The van der Waals surface area contributed by atoms with Crippen LogP contribution < -0.4 is 4.74 Å². The SMILES string of the molecule is N#C/C(=C/c1ccc(OC(=O)c2ccccc2F)cc1)c1ccc(Cl)cc1. The first-order valence-electron chi connectivity index (χ1n) is 8.01. The van der Waals surface area contributed by atoms with Gasteiger partial charge in [0.15, 0.2) is 0 Å². The summed E-state index contributed by atoms with van der Waals surface area (Å²) >= 11 is 5.87. The molecule has 0 saturated heterocycles. The summed E-state index contributed by atoms with van der Waals surface area (Å²) in [5.41, 5.74) is 1.85. The Morgan fingerprint density at radius 2 is 1.67 bits per heavy atom. The molecule has 0 atom stereocenters. The lowest BCUT2D eigenvalue weighted by molar-refractivity contribution is 0.0730. The molecule has 5 heteroatoms. The Kier molecular flexibility index (Phi) is 5.65. The third-order valence-electron chi connectivity index (χ3n) is 3.77. The lowest BCUT2D eigenvalue weighted by Gasteiger charge is -2.06. The number of benzene rings is 3. The molecule has 27 heavy (non-hydrogen) atoms. The highest BCUT2D eigenvalue weighted by Crippen LogP contribution is 2.22. The van der Waals surface area contributed by atoms with Crippen molar-refractivity contribution in [3.63, 3.8) is 0 Å². The number of rotatable bonds is 4. The van der Waals surface area contributed by atoms with Gasteiger partial charge < -0.3 is 4.74 Å². The fourth-order valence-corrected chi connectivity index (χ4v) is 2.52. The summed E-state index contributed by atoms with van der Waals surface area (Å²) in [6.07, 6.45) is 1.71. The van der Waals surface area contributed by atoms with Crippen LogP contribution in [0.25, 0.3) is 11.6 Å². The molecule has 0 N–H and O–H groups in total. The summed E-state index contributed by atoms with van der Waals surface area (Å²) in [5.74, 6) is -1.12. The Bertz CT molecular complexity index is 1040. The second-order valence-electron chi connectivity index (χ2n) is 5.62. The van der Waals surface area contributed by atoms with E-state index < -0.39 is 11.8 Å². The van der Waals surface area contributed by atoms with Crippen molar-refractivity contribution in [3.8, 4) is 11.8 Å². The predicted molar refractivity (Wildman–Crippen MR) is 103 cm³/mol. The first kappa shape index (κ1) is 18.4. The minimum Gasteiger partial charge on any atom is -0.423 e. The highest BCUT2D eigenvalue weighted by Gasteiger charge is 2.13. The van der Waals surface area contributed by atoms with E-state index in [-0.39, 0.29) is 11.3 Å². The van der Waals surface area contributed by atoms with Crippen LogP contribution in [0, 0.1) is 17.1 Å². The monoisotopic (exact) mass is 377 g/mol. The van der Waals surface area contributed by atoms with Gasteiger partial charge in [0.05, 0.1) is 17.2 Å². The number of hydrogen-bond acceptors (Lipinski definition) is 3. The number of ether oxygens (including phenoxy) is 1. The van der Waals surface area contributed by atoms with E-state index >= 15 is 0 Å². The largest absolute Gasteiger partial charge is 0.423 e. The van der Waals surface area contributed by atoms with Crippen LogP contribution in [0.3, 0.4) is 0 Å². The van der Waals surface area contributed by atoms with Crippen molar-refractivity contribution >= 4 is 29.2 Å². The molecule has 0 aliphatic heterocycles. The van der Waals surface area contributed by atoms with E-state index in [9.17, 15) is 14.4 Å². The molecule has 3 rings (SSSR count). The molecule has 0 aliphatic carbocycles. The normalized spacial score (nSPS) is 10.9. The summed E-state index contributed by atoms with van der Waals surface area (Å²) in [4.78, 5) is 12.0. The molecule has 0 aromatic heterocycles. The van der Waals surface area contributed by atoms with E-state index in [4.69, 9.17) is 16.3 Å². The third kappa shape index (κ3) is 4.60. The third-order valence-corrected chi connectivity index (χ3v) is 4.02. The summed E-state index contributed by atoms with van der Waals surface area (Å²) in [5, 5.41) is 9.97. The van der Waals surface area contributed by atoms with Gasteiger partial charge in [-0.15, -0.1) is 0 Å². The maximum absolute atomic E-state index is 13.6. The van der Waals surface area contributed by atoms with E-state index in [1.807, 2.05) is 0 Å². The molecule has 3 aromatic rings. The lowest BCUT2D eigenvalue weighted by Crippen LogP contribution is -2.10. The van der Waals surface area contributed by atoms with Gasteiger partial charge in [-0.25, -0.2) is 9.18 Å². The van der Waals surface area contributed by atoms with Crippen LogP contribution in [0.1, 0.15) is 21.5 Å². The van der Waals surface area contributed by atoms with Gasteiger partial charge in [0.1, 0.15) is 11.6 Å². The zero-order valence-electron chi connectivity index (χ0n) is 14.0. The minimum absolute atomic E-state index is 0.129. The van der Waals surface area contributed by atoms with E-state index in [1.165, 1.54) is 18.2 Å². The van der Waals surface area contributed by atoms with Gasteiger partial charge in [0.2, 0.25) is 0 Å². The van der Waals surface area contributed by atoms with Crippen LogP contribution >= 0.6 is 11.6 Å². The summed E-state index contributed by atoms with van der Waals surface area (Å²) in [7, 11) is 0. The number of halogens is 2. The van der Waals surface area contributed by atoms with Crippen molar-refractivity contribution in [3.05, 3.63) is 100 Å². The van der Waals surface area contributed by atoms with Crippen LogP contribution in [0.2, 0.25) is 5.02 Å². The van der Waals surface area contributed by atoms with E-state index in [0.29, 0.717) is 10.6 Å². The van der Waals surface area contributed by atoms with Crippen molar-refractivity contribution in [1.29, 1.82) is 5.26 Å². The highest BCUT2D eigenvalue weighted by molar-refractivity contribution is 6.30. The van der Waals surface area contributed by atoms with Gasteiger partial charge in [-0.1, -0.05) is 48.0 Å². The van der Waals surface area contributed by atoms with Gasteiger partial charge in [0, 0.05) is 5.02 Å². The fraction of sp³-hybridized carbons (Fsp3) is 0. The van der Waals surface area contributed by atoms with Crippen molar-refractivity contribution in [1.82, 2.24) is 0 Å². The average molecular weight is 378 g/mol. The fourth-order valence-electron chi connectivity index (χ4n) is 2.40. The van der Waals surface area contributed by atoms with E-state index in [2.05, 4.69) is 6.07 Å². The first-order valence-corrected chi connectivity index (χ1v) is 8.39. The lowest BCUT2D eigenvalue weighted by atomic mass is 10.0. The molecular weight excluding hydrogens is 365 g/mol. The van der Waals surface area contributed by atoms with Crippen LogP contribution in [-0.4, -0.2) is 5.97 Å². The number of hydrogen-bond donors (Lipinski definition) is 0. The molecule has 0 fully saturated rings. The number of allylic oxidation sites excluding steroid dienone is 1. The number of carbonyl (C=O) groups is 1. The van der Waals surface area contributed by atoms with Crippen LogP contribution in [0.5, 0.6) is 5.75 Å². The van der Waals surface area contributed by atoms with Crippen molar-refractivity contribution in [2.24, 2.45) is 0 Å². The molecule has 3 nitrogen and oxygen atoms in total. The van der Waals surface area contributed by atoms with Crippen LogP contribution in [0.15, 0.2) is 72.8 Å². The van der Waals surface area contributed by atoms with Gasteiger partial charge in [-0.05, 0) is 53.6 Å². The topological polar surface area (TPSA) is 50.1 Å². The molecule has 0 bridgehead atoms. The second-order valence-corrected chi connectivity index (χ2v) is 6.05. The zero-order valence-corrected chi connectivity index (χ0v) is 14.8. The maximum atomic E-state index is 13.6. The van der Waals surface area contributed by atoms with E-state index in [0.717, 1.165) is 11.1 Å². The zero-order chi connectivity index (χ0) is 19.2. The Balaban J connectivity index is 1.77. The summed E-state index contributed by atoms with van der Waals surface area (Å²) in [6, 6.07) is 21.3. The van der Waals surface area contributed by atoms with Crippen LogP contribution in [0.4, 0.5) is 4.39 Å².